The number of ether oxygens (including phenoxy) is 1. The lowest BCUT2D eigenvalue weighted by Crippen LogP contribution is -2.27. The van der Waals surface area contributed by atoms with Gasteiger partial charge in [0.25, 0.3) is 0 Å². The average Bonchev–Trinajstić information content (AvgIpc) is 2.13. The number of halogens is 1. The predicted octanol–water partition coefficient (Wildman–Crippen LogP) is 4.36. The molecule has 3 nitrogen and oxygen atoms in total. The van der Waals surface area contributed by atoms with Crippen LogP contribution in [0.25, 0.3) is 0 Å². The van der Waals surface area contributed by atoms with Crippen molar-refractivity contribution in [1.82, 2.24) is 0 Å². The quantitative estimate of drug-likeness (QED) is 0.842. The molecule has 1 amide bonds. The SMILES string of the molecule is CC(Br)Cc1cccc(NC(=O)OC(C)(C)C)c1. The van der Waals surface area contributed by atoms with Crippen LogP contribution in [0.3, 0.4) is 0 Å². The van der Waals surface area contributed by atoms with E-state index in [0.29, 0.717) is 4.83 Å². The number of rotatable bonds is 3. The van der Waals surface area contributed by atoms with Crippen molar-refractivity contribution < 1.29 is 9.53 Å². The lowest BCUT2D eigenvalue weighted by atomic mass is 10.1. The second-order valence-corrected chi connectivity index (χ2v) is 6.88. The molecule has 1 aromatic rings. The third kappa shape index (κ3) is 6.05. The van der Waals surface area contributed by atoms with Gasteiger partial charge in [0.2, 0.25) is 0 Å². The van der Waals surface area contributed by atoms with E-state index in [1.54, 1.807) is 0 Å². The van der Waals surface area contributed by atoms with Crippen molar-refractivity contribution >= 4 is 27.7 Å². The maximum atomic E-state index is 11.6. The van der Waals surface area contributed by atoms with Crippen molar-refractivity contribution in [3.8, 4) is 0 Å². The van der Waals surface area contributed by atoms with E-state index in [-0.39, 0.29) is 0 Å². The molecule has 4 heteroatoms. The number of alkyl halides is 1. The molecule has 0 saturated heterocycles. The van der Waals surface area contributed by atoms with Gasteiger partial charge >= 0.3 is 6.09 Å². The minimum absolute atomic E-state index is 0.411. The van der Waals surface area contributed by atoms with Crippen LogP contribution in [-0.4, -0.2) is 16.5 Å². The molecule has 0 aromatic heterocycles. The second-order valence-electron chi connectivity index (χ2n) is 5.31. The Kier molecular flexibility index (Phi) is 5.20. The van der Waals surface area contributed by atoms with Gasteiger partial charge in [0.05, 0.1) is 0 Å². The number of carbonyl (C=O) groups excluding carboxylic acids is 1. The van der Waals surface area contributed by atoms with Crippen molar-refractivity contribution in [2.24, 2.45) is 0 Å². The number of anilines is 1. The highest BCUT2D eigenvalue weighted by molar-refractivity contribution is 9.09. The molecule has 1 atom stereocenters. The molecule has 0 saturated carbocycles. The molecule has 0 heterocycles. The van der Waals surface area contributed by atoms with Gasteiger partial charge in [0, 0.05) is 10.5 Å². The highest BCUT2D eigenvalue weighted by Gasteiger charge is 2.16. The fraction of sp³-hybridized carbons (Fsp3) is 0.500. The van der Waals surface area contributed by atoms with Crippen LogP contribution in [0.2, 0.25) is 0 Å². The molecule has 0 spiro atoms. The zero-order valence-electron chi connectivity index (χ0n) is 11.3. The first-order valence-corrected chi connectivity index (χ1v) is 6.91. The molecule has 0 fully saturated rings. The van der Waals surface area contributed by atoms with Crippen molar-refractivity contribution in [3.63, 3.8) is 0 Å². The third-order valence-electron chi connectivity index (χ3n) is 2.09. The summed E-state index contributed by atoms with van der Waals surface area (Å²) in [7, 11) is 0. The molecule has 18 heavy (non-hydrogen) atoms. The molecule has 1 N–H and O–H groups in total. The van der Waals surface area contributed by atoms with Crippen LogP contribution in [0.15, 0.2) is 24.3 Å². The van der Waals surface area contributed by atoms with E-state index in [2.05, 4.69) is 28.2 Å². The van der Waals surface area contributed by atoms with E-state index in [4.69, 9.17) is 4.74 Å². The number of nitrogens with one attached hydrogen (secondary N) is 1. The number of hydrogen-bond donors (Lipinski definition) is 1. The molecular formula is C14H20BrNO2. The van der Waals surface area contributed by atoms with E-state index in [9.17, 15) is 4.79 Å². The van der Waals surface area contributed by atoms with Crippen molar-refractivity contribution in [3.05, 3.63) is 29.8 Å². The summed E-state index contributed by atoms with van der Waals surface area (Å²) in [6, 6.07) is 7.78. The zero-order chi connectivity index (χ0) is 13.8. The third-order valence-corrected chi connectivity index (χ3v) is 2.41. The monoisotopic (exact) mass is 313 g/mol. The molecule has 0 bridgehead atoms. The Morgan fingerprint density at radius 2 is 2.11 bits per heavy atom. The van der Waals surface area contributed by atoms with Crippen LogP contribution in [0, 0.1) is 0 Å². The summed E-state index contributed by atoms with van der Waals surface area (Å²) in [6.07, 6.45) is 0.496. The number of hydrogen-bond acceptors (Lipinski definition) is 2. The highest BCUT2D eigenvalue weighted by Crippen LogP contribution is 2.16. The molecule has 0 aliphatic heterocycles. The van der Waals surface area contributed by atoms with Gasteiger partial charge in [-0.05, 0) is 44.9 Å². The standard InChI is InChI=1S/C14H20BrNO2/c1-10(15)8-11-6-5-7-12(9-11)16-13(17)18-14(2,3)4/h5-7,9-10H,8H2,1-4H3,(H,16,17). The Hall–Kier alpha value is -1.03. The summed E-state index contributed by atoms with van der Waals surface area (Å²) in [5.41, 5.74) is 1.45. The molecular weight excluding hydrogens is 294 g/mol. The second kappa shape index (κ2) is 6.23. The topological polar surface area (TPSA) is 38.3 Å². The van der Waals surface area contributed by atoms with Gasteiger partial charge < -0.3 is 4.74 Å². The Balaban J connectivity index is 2.65. The number of amides is 1. The average molecular weight is 314 g/mol. The summed E-state index contributed by atoms with van der Waals surface area (Å²) in [6.45, 7) is 7.62. The van der Waals surface area contributed by atoms with Crippen molar-refractivity contribution in [2.45, 2.75) is 44.5 Å². The smallest absolute Gasteiger partial charge is 0.412 e. The Morgan fingerprint density at radius 3 is 2.67 bits per heavy atom. The maximum absolute atomic E-state index is 11.6. The first-order valence-electron chi connectivity index (χ1n) is 5.99. The van der Waals surface area contributed by atoms with Gasteiger partial charge in [0.1, 0.15) is 5.60 Å². The summed E-state index contributed by atoms with van der Waals surface area (Å²) in [5, 5.41) is 2.74. The Bertz CT molecular complexity index is 411. The van der Waals surface area contributed by atoms with Crippen LogP contribution >= 0.6 is 15.9 Å². The van der Waals surface area contributed by atoms with Gasteiger partial charge in [-0.1, -0.05) is 35.0 Å². The van der Waals surface area contributed by atoms with E-state index in [1.165, 1.54) is 5.56 Å². The lowest BCUT2D eigenvalue weighted by molar-refractivity contribution is 0.0636. The minimum atomic E-state index is -0.480. The van der Waals surface area contributed by atoms with Crippen LogP contribution in [0.4, 0.5) is 10.5 Å². The predicted molar refractivity (Wildman–Crippen MR) is 78.4 cm³/mol. The first kappa shape index (κ1) is 15.0. The molecule has 0 aliphatic rings. The van der Waals surface area contributed by atoms with Gasteiger partial charge in [-0.2, -0.15) is 0 Å². The van der Waals surface area contributed by atoms with Gasteiger partial charge in [-0.3, -0.25) is 5.32 Å². The number of carbonyl (C=O) groups is 1. The van der Waals surface area contributed by atoms with Crippen LogP contribution in [0.5, 0.6) is 0 Å². The Labute approximate surface area is 117 Å². The molecule has 0 aliphatic carbocycles. The van der Waals surface area contributed by atoms with Crippen LogP contribution in [-0.2, 0) is 11.2 Å². The molecule has 0 radical (unpaired) electrons. The fourth-order valence-corrected chi connectivity index (χ4v) is 1.90. The van der Waals surface area contributed by atoms with E-state index in [0.717, 1.165) is 12.1 Å². The molecule has 1 aromatic carbocycles. The summed E-state index contributed by atoms with van der Waals surface area (Å²) < 4.78 is 5.20. The van der Waals surface area contributed by atoms with E-state index < -0.39 is 11.7 Å². The normalized spacial score (nSPS) is 12.9. The lowest BCUT2D eigenvalue weighted by Gasteiger charge is -2.19. The molecule has 100 valence electrons. The molecule has 1 rings (SSSR count). The van der Waals surface area contributed by atoms with Crippen molar-refractivity contribution in [1.29, 1.82) is 0 Å². The van der Waals surface area contributed by atoms with Crippen molar-refractivity contribution in [2.75, 3.05) is 5.32 Å². The van der Waals surface area contributed by atoms with Gasteiger partial charge in [-0.25, -0.2) is 4.79 Å². The fourth-order valence-electron chi connectivity index (χ4n) is 1.52. The summed E-state index contributed by atoms with van der Waals surface area (Å²) in [5.74, 6) is 0. The summed E-state index contributed by atoms with van der Waals surface area (Å²) >= 11 is 3.51. The van der Waals surface area contributed by atoms with E-state index in [1.807, 2.05) is 45.0 Å². The van der Waals surface area contributed by atoms with Gasteiger partial charge in [0.15, 0.2) is 0 Å². The summed E-state index contributed by atoms with van der Waals surface area (Å²) in [4.78, 5) is 12.0. The highest BCUT2D eigenvalue weighted by atomic mass is 79.9. The number of benzene rings is 1. The van der Waals surface area contributed by atoms with Gasteiger partial charge in [-0.15, -0.1) is 0 Å². The maximum Gasteiger partial charge on any atom is 0.412 e. The largest absolute Gasteiger partial charge is 0.444 e. The zero-order valence-corrected chi connectivity index (χ0v) is 12.9. The van der Waals surface area contributed by atoms with Crippen LogP contribution in [0.1, 0.15) is 33.3 Å². The molecule has 1 unspecified atom stereocenters. The van der Waals surface area contributed by atoms with E-state index >= 15 is 0 Å². The minimum Gasteiger partial charge on any atom is -0.444 e. The first-order chi connectivity index (χ1) is 8.26. The Morgan fingerprint density at radius 1 is 1.44 bits per heavy atom. The van der Waals surface area contributed by atoms with Crippen LogP contribution < -0.4 is 5.32 Å².